The molecular weight excluding hydrogens is 394 g/mol. The predicted molar refractivity (Wildman–Crippen MR) is 117 cm³/mol. The highest BCUT2D eigenvalue weighted by Gasteiger charge is 2.43. The molecule has 0 bridgehead atoms. The van der Waals surface area contributed by atoms with Crippen molar-refractivity contribution in [3.63, 3.8) is 0 Å². The molecule has 6 rings (SSSR count). The van der Waals surface area contributed by atoms with Crippen molar-refractivity contribution in [1.29, 1.82) is 0 Å². The molecule has 2 aliphatic rings. The van der Waals surface area contributed by atoms with E-state index in [0.717, 1.165) is 0 Å². The number of aromatic nitrogens is 1. The zero-order valence-electron chi connectivity index (χ0n) is 16.4. The lowest BCUT2D eigenvalue weighted by Crippen LogP contribution is -2.33. The number of para-hydroxylation sites is 1. The molecule has 0 amide bonds. The third-order valence-corrected chi connectivity index (χ3v) is 7.48. The van der Waals surface area contributed by atoms with E-state index < -0.39 is 0 Å². The van der Waals surface area contributed by atoms with Crippen molar-refractivity contribution in [2.45, 2.75) is 45.4 Å². The van der Waals surface area contributed by atoms with Gasteiger partial charge in [0, 0.05) is 26.1 Å². The first-order valence-corrected chi connectivity index (χ1v) is 10.5. The van der Waals surface area contributed by atoms with E-state index in [2.05, 4.69) is 97.6 Å². The Hall–Kier alpha value is -2.06. The summed E-state index contributed by atoms with van der Waals surface area (Å²) < 4.78 is 3.74. The molecule has 0 fully saturated rings. The van der Waals surface area contributed by atoms with Crippen molar-refractivity contribution in [3.8, 4) is 5.69 Å². The smallest absolute Gasteiger partial charge is 0.0583 e. The molecule has 0 atom stereocenters. The molecule has 1 aromatic heterocycles. The van der Waals surface area contributed by atoms with E-state index >= 15 is 0 Å². The maximum Gasteiger partial charge on any atom is 0.0583 e. The number of hydrogen-bond donors (Lipinski definition) is 0. The first-order valence-electron chi connectivity index (χ1n) is 9.66. The molecule has 4 aromatic rings. The maximum atomic E-state index is 3.80. The molecule has 2 aliphatic heterocycles. The molecule has 0 saturated carbocycles. The van der Waals surface area contributed by atoms with Gasteiger partial charge in [-0.05, 0) is 47.4 Å². The highest BCUT2D eigenvalue weighted by Crippen LogP contribution is 2.55. The van der Waals surface area contributed by atoms with Crippen LogP contribution in [0.4, 0.5) is 0 Å². The van der Waals surface area contributed by atoms with Gasteiger partial charge in [-0.15, -0.1) is 0 Å². The Morgan fingerprint density at radius 1 is 0.741 bits per heavy atom. The van der Waals surface area contributed by atoms with Gasteiger partial charge < -0.3 is 4.57 Å². The zero-order valence-corrected chi connectivity index (χ0v) is 18.0. The second kappa shape index (κ2) is 4.50. The summed E-state index contributed by atoms with van der Waals surface area (Å²) in [7, 11) is 0. The van der Waals surface area contributed by atoms with E-state index in [1.54, 1.807) is 0 Å². The zero-order chi connectivity index (χ0) is 18.9. The monoisotopic (exact) mass is 415 g/mol. The van der Waals surface area contributed by atoms with Crippen LogP contribution in [0, 0.1) is 6.92 Å². The molecule has 3 heterocycles. The van der Waals surface area contributed by atoms with Crippen molar-refractivity contribution in [1.82, 2.24) is 4.57 Å². The molecule has 0 unspecified atom stereocenters. The summed E-state index contributed by atoms with van der Waals surface area (Å²) in [6.45, 7) is 11.7. The van der Waals surface area contributed by atoms with Crippen LogP contribution in [-0.2, 0) is 10.8 Å². The molecule has 0 saturated heterocycles. The quantitative estimate of drug-likeness (QED) is 0.287. The molecule has 27 heavy (non-hydrogen) atoms. The standard InChI is InChI=1S/C25H22BrN/c1-13-9-15-16-11-14(26)12-20-22(16)27-21(15)19(10-13)24(2,3)17-7-6-8-18(23(17)27)25(20,4)5/h6-12H,1-5H3. The Morgan fingerprint density at radius 3 is 1.93 bits per heavy atom. The Kier molecular flexibility index (Phi) is 2.65. The van der Waals surface area contributed by atoms with Gasteiger partial charge in [0.05, 0.1) is 16.7 Å². The van der Waals surface area contributed by atoms with E-state index in [9.17, 15) is 0 Å². The summed E-state index contributed by atoms with van der Waals surface area (Å²) >= 11 is 3.80. The van der Waals surface area contributed by atoms with Gasteiger partial charge in [-0.2, -0.15) is 0 Å². The lowest BCUT2D eigenvalue weighted by molar-refractivity contribution is 0.593. The summed E-state index contributed by atoms with van der Waals surface area (Å²) in [5, 5.41) is 2.75. The van der Waals surface area contributed by atoms with Gasteiger partial charge in [0.2, 0.25) is 0 Å². The largest absolute Gasteiger partial charge is 0.308 e. The molecule has 2 heteroatoms. The van der Waals surface area contributed by atoms with E-state index in [0.29, 0.717) is 0 Å². The molecule has 3 aromatic carbocycles. The van der Waals surface area contributed by atoms with Crippen LogP contribution in [0.5, 0.6) is 0 Å². The molecule has 134 valence electrons. The van der Waals surface area contributed by atoms with Crippen molar-refractivity contribution in [2.75, 3.05) is 0 Å². The van der Waals surface area contributed by atoms with Crippen LogP contribution < -0.4 is 0 Å². The first kappa shape index (κ1) is 15.9. The molecule has 0 aliphatic carbocycles. The molecule has 0 spiro atoms. The number of rotatable bonds is 0. The van der Waals surface area contributed by atoms with Gasteiger partial charge in [-0.1, -0.05) is 73.5 Å². The van der Waals surface area contributed by atoms with Crippen LogP contribution in [0.3, 0.4) is 0 Å². The summed E-state index contributed by atoms with van der Waals surface area (Å²) in [6.07, 6.45) is 0. The second-order valence-electron chi connectivity index (χ2n) is 9.35. The van der Waals surface area contributed by atoms with Gasteiger partial charge in [-0.25, -0.2) is 0 Å². The fraction of sp³-hybridized carbons (Fsp3) is 0.280. The number of benzene rings is 3. The fourth-order valence-electron chi connectivity index (χ4n) is 5.64. The topological polar surface area (TPSA) is 4.93 Å². The Morgan fingerprint density at radius 2 is 1.30 bits per heavy atom. The third kappa shape index (κ3) is 1.64. The number of hydrogen-bond acceptors (Lipinski definition) is 0. The normalized spacial score (nSPS) is 17.9. The van der Waals surface area contributed by atoms with Gasteiger partial charge in [0.1, 0.15) is 0 Å². The number of halogens is 1. The lowest BCUT2D eigenvalue weighted by Gasteiger charge is -2.42. The number of nitrogens with zero attached hydrogens (tertiary/aromatic N) is 1. The molecular formula is C25H22BrN. The predicted octanol–water partition coefficient (Wildman–Crippen LogP) is 7.13. The Labute approximate surface area is 168 Å². The molecule has 1 nitrogen and oxygen atoms in total. The fourth-order valence-corrected chi connectivity index (χ4v) is 6.10. The van der Waals surface area contributed by atoms with E-state index in [1.807, 2.05) is 0 Å². The van der Waals surface area contributed by atoms with E-state index in [-0.39, 0.29) is 10.8 Å². The number of fused-ring (bicyclic) bond motifs is 1. The van der Waals surface area contributed by atoms with Crippen LogP contribution in [-0.4, -0.2) is 4.57 Å². The SMILES string of the molecule is Cc1cc2c3c(c1)c1cc(Br)cc4c1n3-c1c(cccc1C4(C)C)C2(C)C. The minimum Gasteiger partial charge on any atom is -0.308 e. The summed E-state index contributed by atoms with van der Waals surface area (Å²) in [5.41, 5.74) is 11.2. The minimum atomic E-state index is -0.0274. The summed E-state index contributed by atoms with van der Waals surface area (Å²) in [6, 6.07) is 16.3. The summed E-state index contributed by atoms with van der Waals surface area (Å²) in [4.78, 5) is 0. The Bertz CT molecular complexity index is 1240. The van der Waals surface area contributed by atoms with Gasteiger partial charge in [-0.3, -0.25) is 0 Å². The van der Waals surface area contributed by atoms with Crippen LogP contribution >= 0.6 is 15.9 Å². The highest BCUT2D eigenvalue weighted by atomic mass is 79.9. The molecule has 0 radical (unpaired) electrons. The van der Waals surface area contributed by atoms with Gasteiger partial charge in [0.15, 0.2) is 0 Å². The van der Waals surface area contributed by atoms with Crippen LogP contribution in [0.25, 0.3) is 27.5 Å². The average Bonchev–Trinajstić information content (AvgIpc) is 2.92. The highest BCUT2D eigenvalue weighted by molar-refractivity contribution is 9.10. The minimum absolute atomic E-state index is 0.00912. The Balaban J connectivity index is 2.05. The maximum absolute atomic E-state index is 3.80. The van der Waals surface area contributed by atoms with Crippen molar-refractivity contribution in [3.05, 3.63) is 74.8 Å². The van der Waals surface area contributed by atoms with Gasteiger partial charge >= 0.3 is 0 Å². The van der Waals surface area contributed by atoms with Crippen molar-refractivity contribution < 1.29 is 0 Å². The van der Waals surface area contributed by atoms with E-state index in [1.165, 1.54) is 59.8 Å². The van der Waals surface area contributed by atoms with E-state index in [4.69, 9.17) is 0 Å². The first-order chi connectivity index (χ1) is 12.7. The van der Waals surface area contributed by atoms with Crippen LogP contribution in [0.15, 0.2) is 46.9 Å². The average molecular weight is 416 g/mol. The summed E-state index contributed by atoms with van der Waals surface area (Å²) in [5.74, 6) is 0. The molecule has 0 N–H and O–H groups in total. The van der Waals surface area contributed by atoms with Crippen molar-refractivity contribution in [2.24, 2.45) is 0 Å². The number of aryl methyl sites for hydroxylation is 1. The lowest BCUT2D eigenvalue weighted by atomic mass is 9.68. The second-order valence-corrected chi connectivity index (χ2v) is 10.3. The third-order valence-electron chi connectivity index (χ3n) is 7.02. The van der Waals surface area contributed by atoms with Gasteiger partial charge in [0.25, 0.3) is 0 Å². The van der Waals surface area contributed by atoms with Crippen LogP contribution in [0.2, 0.25) is 0 Å². The van der Waals surface area contributed by atoms with Crippen molar-refractivity contribution >= 4 is 37.7 Å². The van der Waals surface area contributed by atoms with Crippen LogP contribution in [0.1, 0.15) is 55.5 Å².